The van der Waals surface area contributed by atoms with Crippen LogP contribution in [0.4, 0.5) is 0 Å². The lowest BCUT2D eigenvalue weighted by atomic mass is 10.1. The van der Waals surface area contributed by atoms with E-state index in [-0.39, 0.29) is 0 Å². The molecule has 112 valence electrons. The Labute approximate surface area is 129 Å². The van der Waals surface area contributed by atoms with E-state index in [1.54, 1.807) is 13.2 Å². The summed E-state index contributed by atoms with van der Waals surface area (Å²) in [6, 6.07) is 9.30. The molecular weight excluding hydrogens is 288 g/mol. The van der Waals surface area contributed by atoms with Gasteiger partial charge in [-0.1, -0.05) is 11.6 Å². The van der Waals surface area contributed by atoms with E-state index in [0.717, 1.165) is 34.9 Å². The van der Waals surface area contributed by atoms with Crippen molar-refractivity contribution in [3.63, 3.8) is 0 Å². The fourth-order valence-electron chi connectivity index (χ4n) is 2.09. The molecule has 0 aliphatic heterocycles. The molecule has 0 amide bonds. The van der Waals surface area contributed by atoms with Crippen molar-refractivity contribution in [2.75, 3.05) is 13.7 Å². The zero-order chi connectivity index (χ0) is 15.2. The number of pyridine rings is 1. The van der Waals surface area contributed by atoms with Crippen molar-refractivity contribution in [1.82, 2.24) is 4.98 Å². The van der Waals surface area contributed by atoms with Crippen LogP contribution in [0.5, 0.6) is 11.5 Å². The van der Waals surface area contributed by atoms with Crippen LogP contribution < -0.4 is 15.2 Å². The molecule has 0 saturated carbocycles. The Morgan fingerprint density at radius 1 is 1.24 bits per heavy atom. The summed E-state index contributed by atoms with van der Waals surface area (Å²) in [5, 5.41) is 0.682. The molecule has 2 aromatic rings. The first-order valence-electron chi connectivity index (χ1n) is 6.75. The molecular formula is C16H19ClN2O2. The lowest BCUT2D eigenvalue weighted by Crippen LogP contribution is -2.06. The molecule has 2 N–H and O–H groups in total. The SMILES string of the molecule is COc1cc(C)nc(COc2ccc(Cl)cc2CCN)c1. The third-order valence-corrected chi connectivity index (χ3v) is 3.26. The largest absolute Gasteiger partial charge is 0.497 e. The summed E-state index contributed by atoms with van der Waals surface area (Å²) in [6.07, 6.45) is 0.723. The molecule has 0 bridgehead atoms. The van der Waals surface area contributed by atoms with E-state index in [1.807, 2.05) is 31.2 Å². The first kappa shape index (κ1) is 15.6. The highest BCUT2D eigenvalue weighted by Gasteiger charge is 2.06. The Morgan fingerprint density at radius 3 is 2.76 bits per heavy atom. The maximum absolute atomic E-state index is 6.00. The van der Waals surface area contributed by atoms with E-state index in [0.29, 0.717) is 18.2 Å². The number of ether oxygens (including phenoxy) is 2. The lowest BCUT2D eigenvalue weighted by Gasteiger charge is -2.12. The third kappa shape index (κ3) is 4.34. The van der Waals surface area contributed by atoms with E-state index in [9.17, 15) is 0 Å². The van der Waals surface area contributed by atoms with E-state index in [2.05, 4.69) is 4.98 Å². The monoisotopic (exact) mass is 306 g/mol. The van der Waals surface area contributed by atoms with Crippen molar-refractivity contribution in [2.24, 2.45) is 5.73 Å². The van der Waals surface area contributed by atoms with Gasteiger partial charge < -0.3 is 15.2 Å². The average molecular weight is 307 g/mol. The second-order valence-corrected chi connectivity index (χ2v) is 5.16. The fraction of sp³-hybridized carbons (Fsp3) is 0.312. The Balaban J connectivity index is 2.14. The summed E-state index contributed by atoms with van der Waals surface area (Å²) in [4.78, 5) is 4.43. The summed E-state index contributed by atoms with van der Waals surface area (Å²) in [7, 11) is 1.64. The van der Waals surface area contributed by atoms with Crippen LogP contribution in [0, 0.1) is 6.92 Å². The number of benzene rings is 1. The molecule has 21 heavy (non-hydrogen) atoms. The highest BCUT2D eigenvalue weighted by atomic mass is 35.5. The highest BCUT2D eigenvalue weighted by Crippen LogP contribution is 2.24. The van der Waals surface area contributed by atoms with Crippen LogP contribution in [-0.4, -0.2) is 18.6 Å². The van der Waals surface area contributed by atoms with Gasteiger partial charge >= 0.3 is 0 Å². The first-order valence-corrected chi connectivity index (χ1v) is 7.13. The Morgan fingerprint density at radius 2 is 2.05 bits per heavy atom. The van der Waals surface area contributed by atoms with Crippen LogP contribution in [0.25, 0.3) is 0 Å². The van der Waals surface area contributed by atoms with Gasteiger partial charge in [-0.25, -0.2) is 0 Å². The van der Waals surface area contributed by atoms with Gasteiger partial charge in [0, 0.05) is 22.8 Å². The van der Waals surface area contributed by atoms with Crippen LogP contribution in [-0.2, 0) is 13.0 Å². The minimum absolute atomic E-state index is 0.372. The number of aromatic nitrogens is 1. The molecule has 1 aromatic heterocycles. The molecule has 0 saturated heterocycles. The molecule has 0 aliphatic rings. The third-order valence-electron chi connectivity index (χ3n) is 3.03. The Bertz CT molecular complexity index is 617. The molecule has 0 radical (unpaired) electrons. The quantitative estimate of drug-likeness (QED) is 0.891. The van der Waals surface area contributed by atoms with Gasteiger partial charge in [0.1, 0.15) is 18.1 Å². The molecule has 0 spiro atoms. The summed E-state index contributed by atoms with van der Waals surface area (Å²) in [5.74, 6) is 1.56. The van der Waals surface area contributed by atoms with Crippen molar-refractivity contribution in [1.29, 1.82) is 0 Å². The highest BCUT2D eigenvalue weighted by molar-refractivity contribution is 6.30. The summed E-state index contributed by atoms with van der Waals surface area (Å²) in [6.45, 7) is 2.85. The van der Waals surface area contributed by atoms with Crippen molar-refractivity contribution in [2.45, 2.75) is 20.0 Å². The van der Waals surface area contributed by atoms with Gasteiger partial charge in [-0.05, 0) is 43.7 Å². The zero-order valence-electron chi connectivity index (χ0n) is 12.2. The van der Waals surface area contributed by atoms with E-state index in [1.165, 1.54) is 0 Å². The predicted octanol–water partition coefficient (Wildman–Crippen LogP) is 3.13. The van der Waals surface area contributed by atoms with E-state index < -0.39 is 0 Å². The zero-order valence-corrected chi connectivity index (χ0v) is 13.0. The van der Waals surface area contributed by atoms with Gasteiger partial charge in [0.15, 0.2) is 0 Å². The van der Waals surface area contributed by atoms with Crippen LogP contribution in [0.2, 0.25) is 5.02 Å². The molecule has 0 atom stereocenters. The predicted molar refractivity (Wildman–Crippen MR) is 84.1 cm³/mol. The number of aryl methyl sites for hydroxylation is 1. The molecule has 4 nitrogen and oxygen atoms in total. The Kier molecular flexibility index (Phi) is 5.42. The van der Waals surface area contributed by atoms with Gasteiger partial charge in [0.2, 0.25) is 0 Å². The summed E-state index contributed by atoms with van der Waals surface area (Å²) < 4.78 is 11.1. The number of hydrogen-bond donors (Lipinski definition) is 1. The van der Waals surface area contributed by atoms with Crippen LogP contribution in [0.15, 0.2) is 30.3 Å². The van der Waals surface area contributed by atoms with Crippen molar-refractivity contribution in [3.05, 3.63) is 52.3 Å². The van der Waals surface area contributed by atoms with Crippen LogP contribution in [0.1, 0.15) is 17.0 Å². The molecule has 2 rings (SSSR count). The van der Waals surface area contributed by atoms with Crippen molar-refractivity contribution < 1.29 is 9.47 Å². The standard InChI is InChI=1S/C16H19ClN2O2/c1-11-7-15(20-2)9-14(19-11)10-21-16-4-3-13(17)8-12(16)5-6-18/h3-4,7-9H,5-6,10,18H2,1-2H3. The maximum atomic E-state index is 6.00. The topological polar surface area (TPSA) is 57.4 Å². The number of nitrogens with two attached hydrogens (primary N) is 1. The number of hydrogen-bond acceptors (Lipinski definition) is 4. The van der Waals surface area contributed by atoms with Crippen molar-refractivity contribution >= 4 is 11.6 Å². The number of methoxy groups -OCH3 is 1. The van der Waals surface area contributed by atoms with Gasteiger partial charge in [-0.2, -0.15) is 0 Å². The minimum Gasteiger partial charge on any atom is -0.497 e. The molecule has 1 aromatic carbocycles. The first-order chi connectivity index (χ1) is 10.1. The summed E-state index contributed by atoms with van der Waals surface area (Å²) >= 11 is 6.00. The van der Waals surface area contributed by atoms with E-state index >= 15 is 0 Å². The minimum atomic E-state index is 0.372. The number of halogens is 1. The fourth-order valence-corrected chi connectivity index (χ4v) is 2.28. The normalized spacial score (nSPS) is 10.5. The van der Waals surface area contributed by atoms with Gasteiger partial charge in [-0.15, -0.1) is 0 Å². The van der Waals surface area contributed by atoms with Gasteiger partial charge in [0.25, 0.3) is 0 Å². The van der Waals surface area contributed by atoms with Gasteiger partial charge in [-0.3, -0.25) is 4.98 Å². The maximum Gasteiger partial charge on any atom is 0.130 e. The van der Waals surface area contributed by atoms with E-state index in [4.69, 9.17) is 26.8 Å². The van der Waals surface area contributed by atoms with Gasteiger partial charge in [0.05, 0.1) is 12.8 Å². The number of nitrogens with zero attached hydrogens (tertiary/aromatic N) is 1. The molecule has 0 unspecified atom stereocenters. The average Bonchev–Trinajstić information content (AvgIpc) is 2.46. The molecule has 0 aliphatic carbocycles. The lowest BCUT2D eigenvalue weighted by molar-refractivity contribution is 0.296. The number of rotatable bonds is 6. The molecule has 1 heterocycles. The molecule has 0 fully saturated rings. The van der Waals surface area contributed by atoms with Crippen LogP contribution >= 0.6 is 11.6 Å². The second-order valence-electron chi connectivity index (χ2n) is 4.72. The van der Waals surface area contributed by atoms with Crippen molar-refractivity contribution in [3.8, 4) is 11.5 Å². The second kappa shape index (κ2) is 7.29. The summed E-state index contributed by atoms with van der Waals surface area (Å²) in [5.41, 5.74) is 8.34. The Hall–Kier alpha value is -1.78. The smallest absolute Gasteiger partial charge is 0.130 e. The molecule has 5 heteroatoms. The van der Waals surface area contributed by atoms with Crippen LogP contribution in [0.3, 0.4) is 0 Å².